The van der Waals surface area contributed by atoms with Crippen molar-refractivity contribution in [1.29, 1.82) is 0 Å². The van der Waals surface area contributed by atoms with Crippen molar-refractivity contribution in [1.82, 2.24) is 14.8 Å². The van der Waals surface area contributed by atoms with Gasteiger partial charge in [0.15, 0.2) is 0 Å². The minimum atomic E-state index is 0.182. The highest BCUT2D eigenvalue weighted by atomic mass is 16.1. The lowest BCUT2D eigenvalue weighted by molar-refractivity contribution is -0.123. The first-order valence-corrected chi connectivity index (χ1v) is 4.70. The molecule has 0 bridgehead atoms. The summed E-state index contributed by atoms with van der Waals surface area (Å²) >= 11 is 0. The standard InChI is InChI=1S/C9H13N3O/c1-2-8(13)7-3-4-12-6-10-11-9(12)5-7/h6-7H,2-5H2,1H3. The second-order valence-corrected chi connectivity index (χ2v) is 3.45. The molecule has 0 fully saturated rings. The number of hydrogen-bond acceptors (Lipinski definition) is 3. The third-order valence-corrected chi connectivity index (χ3v) is 2.65. The van der Waals surface area contributed by atoms with E-state index in [1.54, 1.807) is 6.33 Å². The van der Waals surface area contributed by atoms with Gasteiger partial charge >= 0.3 is 0 Å². The summed E-state index contributed by atoms with van der Waals surface area (Å²) in [5.41, 5.74) is 0. The molecule has 2 rings (SSSR count). The highest BCUT2D eigenvalue weighted by Gasteiger charge is 2.24. The smallest absolute Gasteiger partial charge is 0.136 e. The molecule has 1 aliphatic heterocycles. The van der Waals surface area contributed by atoms with Gasteiger partial charge in [-0.3, -0.25) is 4.79 Å². The summed E-state index contributed by atoms with van der Waals surface area (Å²) in [6.45, 7) is 2.81. The van der Waals surface area contributed by atoms with Crippen molar-refractivity contribution in [2.75, 3.05) is 0 Å². The van der Waals surface area contributed by atoms with Crippen molar-refractivity contribution in [3.63, 3.8) is 0 Å². The molecule has 13 heavy (non-hydrogen) atoms. The number of rotatable bonds is 2. The van der Waals surface area contributed by atoms with Gasteiger partial charge in [0.05, 0.1) is 0 Å². The minimum absolute atomic E-state index is 0.182. The lowest BCUT2D eigenvalue weighted by atomic mass is 9.92. The topological polar surface area (TPSA) is 47.8 Å². The van der Waals surface area contributed by atoms with Gasteiger partial charge in [-0.05, 0) is 6.42 Å². The van der Waals surface area contributed by atoms with Crippen LogP contribution in [0.3, 0.4) is 0 Å². The molecule has 0 spiro atoms. The maximum absolute atomic E-state index is 11.4. The van der Waals surface area contributed by atoms with Crippen LogP contribution in [0.15, 0.2) is 6.33 Å². The monoisotopic (exact) mass is 179 g/mol. The third-order valence-electron chi connectivity index (χ3n) is 2.65. The third kappa shape index (κ3) is 1.48. The number of Topliss-reactive ketones (excluding diaryl/α,β-unsaturated/α-hetero) is 1. The van der Waals surface area contributed by atoms with Gasteiger partial charge in [-0.25, -0.2) is 0 Å². The van der Waals surface area contributed by atoms with Crippen LogP contribution in [-0.4, -0.2) is 20.5 Å². The molecule has 0 aliphatic carbocycles. The molecule has 1 unspecified atom stereocenters. The van der Waals surface area contributed by atoms with Gasteiger partial charge in [0, 0.05) is 25.3 Å². The number of carbonyl (C=O) groups is 1. The molecule has 1 aromatic heterocycles. The number of nitrogens with zero attached hydrogens (tertiary/aromatic N) is 3. The van der Waals surface area contributed by atoms with E-state index in [9.17, 15) is 4.79 Å². The SMILES string of the molecule is CCC(=O)C1CCn2cnnc2C1. The Labute approximate surface area is 77.0 Å². The Morgan fingerprint density at radius 1 is 1.77 bits per heavy atom. The Hall–Kier alpha value is -1.19. The van der Waals surface area contributed by atoms with Gasteiger partial charge in [-0.15, -0.1) is 10.2 Å². The van der Waals surface area contributed by atoms with E-state index < -0.39 is 0 Å². The zero-order valence-corrected chi connectivity index (χ0v) is 7.73. The number of ketones is 1. The predicted octanol–water partition coefficient (Wildman–Crippen LogP) is 0.820. The molecule has 4 nitrogen and oxygen atoms in total. The van der Waals surface area contributed by atoms with E-state index in [1.807, 2.05) is 11.5 Å². The molecule has 1 aromatic rings. The Morgan fingerprint density at radius 2 is 2.62 bits per heavy atom. The first-order valence-electron chi connectivity index (χ1n) is 4.70. The van der Waals surface area contributed by atoms with Crippen molar-refractivity contribution >= 4 is 5.78 Å². The second-order valence-electron chi connectivity index (χ2n) is 3.45. The molecule has 0 N–H and O–H groups in total. The lowest BCUT2D eigenvalue weighted by Gasteiger charge is -2.20. The molecule has 0 saturated heterocycles. The van der Waals surface area contributed by atoms with Crippen molar-refractivity contribution in [2.45, 2.75) is 32.7 Å². The van der Waals surface area contributed by atoms with Crippen LogP contribution in [0.4, 0.5) is 0 Å². The number of hydrogen-bond donors (Lipinski definition) is 0. The summed E-state index contributed by atoms with van der Waals surface area (Å²) < 4.78 is 2.03. The van der Waals surface area contributed by atoms with Crippen molar-refractivity contribution in [3.05, 3.63) is 12.2 Å². The molecular formula is C9H13N3O. The van der Waals surface area contributed by atoms with Crippen LogP contribution in [-0.2, 0) is 17.8 Å². The molecule has 0 aromatic carbocycles. The van der Waals surface area contributed by atoms with Crippen LogP contribution in [0.2, 0.25) is 0 Å². The molecule has 70 valence electrons. The van der Waals surface area contributed by atoms with Crippen LogP contribution in [0.25, 0.3) is 0 Å². The van der Waals surface area contributed by atoms with Crippen molar-refractivity contribution in [3.8, 4) is 0 Å². The minimum Gasteiger partial charge on any atom is -0.318 e. The maximum Gasteiger partial charge on any atom is 0.136 e. The summed E-state index contributed by atoms with van der Waals surface area (Å²) in [4.78, 5) is 11.4. The van der Waals surface area contributed by atoms with Crippen molar-refractivity contribution in [2.24, 2.45) is 5.92 Å². The molecular weight excluding hydrogens is 166 g/mol. The number of fused-ring (bicyclic) bond motifs is 1. The first kappa shape index (κ1) is 8.41. The zero-order valence-electron chi connectivity index (χ0n) is 7.73. The summed E-state index contributed by atoms with van der Waals surface area (Å²) in [6.07, 6.45) is 4.09. The Kier molecular flexibility index (Phi) is 2.12. The number of aromatic nitrogens is 3. The van der Waals surface area contributed by atoms with Crippen LogP contribution < -0.4 is 0 Å². The fourth-order valence-electron chi connectivity index (χ4n) is 1.80. The van der Waals surface area contributed by atoms with Gasteiger partial charge < -0.3 is 4.57 Å². The summed E-state index contributed by atoms with van der Waals surface area (Å²) in [7, 11) is 0. The fourth-order valence-corrected chi connectivity index (χ4v) is 1.80. The summed E-state index contributed by atoms with van der Waals surface area (Å²) in [5, 5.41) is 7.81. The van der Waals surface area contributed by atoms with Gasteiger partial charge in [0.2, 0.25) is 0 Å². The fraction of sp³-hybridized carbons (Fsp3) is 0.667. The average Bonchev–Trinajstić information content (AvgIpc) is 2.63. The van der Waals surface area contributed by atoms with Crippen molar-refractivity contribution < 1.29 is 4.79 Å². The van der Waals surface area contributed by atoms with Crippen LogP contribution in [0.5, 0.6) is 0 Å². The van der Waals surface area contributed by atoms with E-state index in [0.717, 1.165) is 25.2 Å². The largest absolute Gasteiger partial charge is 0.318 e. The van der Waals surface area contributed by atoms with E-state index in [1.165, 1.54) is 0 Å². The van der Waals surface area contributed by atoms with E-state index >= 15 is 0 Å². The molecule has 4 heteroatoms. The molecule has 1 aliphatic rings. The molecule has 0 radical (unpaired) electrons. The molecule has 0 saturated carbocycles. The maximum atomic E-state index is 11.4. The van der Waals surface area contributed by atoms with Gasteiger partial charge in [-0.2, -0.15) is 0 Å². The van der Waals surface area contributed by atoms with E-state index in [2.05, 4.69) is 10.2 Å². The van der Waals surface area contributed by atoms with Gasteiger partial charge in [0.1, 0.15) is 17.9 Å². The Morgan fingerprint density at radius 3 is 3.38 bits per heavy atom. The molecule has 0 amide bonds. The normalized spacial score (nSPS) is 21.2. The van der Waals surface area contributed by atoms with E-state index in [4.69, 9.17) is 0 Å². The van der Waals surface area contributed by atoms with Gasteiger partial charge in [0.25, 0.3) is 0 Å². The summed E-state index contributed by atoms with van der Waals surface area (Å²) in [6, 6.07) is 0. The van der Waals surface area contributed by atoms with E-state index in [-0.39, 0.29) is 5.92 Å². The zero-order chi connectivity index (χ0) is 9.26. The first-order chi connectivity index (χ1) is 6.31. The average molecular weight is 179 g/mol. The van der Waals surface area contributed by atoms with Crippen LogP contribution in [0.1, 0.15) is 25.6 Å². The summed E-state index contributed by atoms with van der Waals surface area (Å²) in [5.74, 6) is 1.49. The highest BCUT2D eigenvalue weighted by molar-refractivity contribution is 5.80. The van der Waals surface area contributed by atoms with Gasteiger partial charge in [-0.1, -0.05) is 6.92 Å². The number of aryl methyl sites for hydroxylation is 1. The second kappa shape index (κ2) is 3.28. The predicted molar refractivity (Wildman–Crippen MR) is 47.1 cm³/mol. The Balaban J connectivity index is 2.13. The molecule has 1 atom stereocenters. The Bertz CT molecular complexity index is 318. The highest BCUT2D eigenvalue weighted by Crippen LogP contribution is 2.19. The number of carbonyl (C=O) groups excluding carboxylic acids is 1. The van der Waals surface area contributed by atoms with Crippen LogP contribution >= 0.6 is 0 Å². The lowest BCUT2D eigenvalue weighted by Crippen LogP contribution is -2.25. The van der Waals surface area contributed by atoms with E-state index in [0.29, 0.717) is 12.2 Å². The quantitative estimate of drug-likeness (QED) is 0.675. The molecule has 2 heterocycles. The van der Waals surface area contributed by atoms with Crippen LogP contribution in [0, 0.1) is 5.92 Å².